The Balaban J connectivity index is 1.91. The zero-order chi connectivity index (χ0) is 25.7. The third-order valence-corrected chi connectivity index (χ3v) is 5.53. The maximum Gasteiger partial charge on any atom is 0.332 e. The molecule has 0 spiro atoms. The number of benzene rings is 1. The first-order valence-electron chi connectivity index (χ1n) is 11.9. The summed E-state index contributed by atoms with van der Waals surface area (Å²) in [5.74, 6) is 1.46. The van der Waals surface area contributed by atoms with Crippen molar-refractivity contribution in [2.75, 3.05) is 13.7 Å². The smallest absolute Gasteiger partial charge is 0.332 e. The predicted molar refractivity (Wildman–Crippen MR) is 136 cm³/mol. The maximum absolute atomic E-state index is 13.4. The molecule has 3 rings (SSSR count). The number of fused-ring (bicyclic) bond motifs is 1. The van der Waals surface area contributed by atoms with E-state index in [2.05, 4.69) is 11.6 Å². The van der Waals surface area contributed by atoms with Crippen molar-refractivity contribution in [2.24, 2.45) is 11.8 Å². The molecule has 1 N–H and O–H groups in total. The van der Waals surface area contributed by atoms with Crippen molar-refractivity contribution < 1.29 is 14.6 Å². The van der Waals surface area contributed by atoms with Gasteiger partial charge in [0.2, 0.25) is 0 Å². The molecule has 0 aliphatic carbocycles. The summed E-state index contributed by atoms with van der Waals surface area (Å²) in [6.07, 6.45) is 3.01. The molecule has 1 aromatic carbocycles. The molecule has 0 saturated heterocycles. The quantitative estimate of drug-likeness (QED) is 0.397. The molecular formula is C26H36N4O5. The van der Waals surface area contributed by atoms with E-state index in [9.17, 15) is 14.7 Å². The van der Waals surface area contributed by atoms with Crippen LogP contribution in [0.1, 0.15) is 33.3 Å². The van der Waals surface area contributed by atoms with Crippen LogP contribution in [-0.2, 0) is 26.1 Å². The van der Waals surface area contributed by atoms with E-state index in [4.69, 9.17) is 9.47 Å². The molecule has 35 heavy (non-hydrogen) atoms. The second-order valence-corrected chi connectivity index (χ2v) is 9.61. The highest BCUT2D eigenvalue weighted by Gasteiger charge is 2.21. The van der Waals surface area contributed by atoms with Gasteiger partial charge in [0.15, 0.2) is 22.7 Å². The summed E-state index contributed by atoms with van der Waals surface area (Å²) in [6.45, 7) is 12.5. The number of nitrogens with zero attached hydrogens (tertiary/aromatic N) is 4. The van der Waals surface area contributed by atoms with Gasteiger partial charge in [-0.3, -0.25) is 13.9 Å². The number of aromatic nitrogens is 4. The fourth-order valence-electron chi connectivity index (χ4n) is 4.04. The van der Waals surface area contributed by atoms with Crippen LogP contribution in [0.4, 0.5) is 0 Å². The van der Waals surface area contributed by atoms with Gasteiger partial charge in [-0.15, -0.1) is 6.58 Å². The van der Waals surface area contributed by atoms with Gasteiger partial charge in [-0.25, -0.2) is 9.78 Å². The first kappa shape index (κ1) is 26.3. The molecule has 3 aromatic rings. The Hall–Kier alpha value is -3.33. The minimum Gasteiger partial charge on any atom is -0.493 e. The van der Waals surface area contributed by atoms with Crippen molar-refractivity contribution in [3.8, 4) is 11.5 Å². The van der Waals surface area contributed by atoms with Crippen LogP contribution in [-0.4, -0.2) is 43.6 Å². The largest absolute Gasteiger partial charge is 0.493 e. The van der Waals surface area contributed by atoms with E-state index in [1.54, 1.807) is 30.1 Å². The summed E-state index contributed by atoms with van der Waals surface area (Å²) >= 11 is 0. The molecule has 9 heteroatoms. The Morgan fingerprint density at radius 2 is 1.77 bits per heavy atom. The van der Waals surface area contributed by atoms with Crippen LogP contribution in [0.5, 0.6) is 11.5 Å². The molecule has 2 aromatic heterocycles. The molecule has 0 amide bonds. The summed E-state index contributed by atoms with van der Waals surface area (Å²) in [5.41, 5.74) is 0.811. The van der Waals surface area contributed by atoms with Gasteiger partial charge in [0.1, 0.15) is 12.7 Å². The number of allylic oxidation sites excluding steroid dienone is 1. The normalized spacial score (nSPS) is 12.5. The standard InChI is InChI=1S/C26H36N4O5/c1-7-8-19-9-10-21(22(11-19)34-6)35-15-20(31)14-30-25(32)23-24(27-16-28(23)12-17(2)3)29(26(30)33)13-18(4)5/h7,9-11,16-18,20,31H,1,8,12-15H2,2-6H3. The Morgan fingerprint density at radius 3 is 2.40 bits per heavy atom. The number of ether oxygens (including phenoxy) is 2. The topological polar surface area (TPSA) is 101 Å². The summed E-state index contributed by atoms with van der Waals surface area (Å²) in [5, 5.41) is 10.7. The molecule has 1 atom stereocenters. The number of aliphatic hydroxyl groups is 1. The monoisotopic (exact) mass is 484 g/mol. The summed E-state index contributed by atoms with van der Waals surface area (Å²) in [7, 11) is 1.54. The van der Waals surface area contributed by atoms with Crippen LogP contribution in [0.15, 0.2) is 46.8 Å². The van der Waals surface area contributed by atoms with Crippen LogP contribution in [0, 0.1) is 11.8 Å². The summed E-state index contributed by atoms with van der Waals surface area (Å²) in [4.78, 5) is 31.0. The fraction of sp³-hybridized carbons (Fsp3) is 0.500. The molecule has 0 bridgehead atoms. The summed E-state index contributed by atoms with van der Waals surface area (Å²) < 4.78 is 15.6. The third-order valence-electron chi connectivity index (χ3n) is 5.53. The molecule has 0 aliphatic rings. The van der Waals surface area contributed by atoms with Crippen molar-refractivity contribution in [3.05, 3.63) is 63.6 Å². The minimum absolute atomic E-state index is 0.115. The Kier molecular flexibility index (Phi) is 8.56. The first-order chi connectivity index (χ1) is 16.7. The lowest BCUT2D eigenvalue weighted by atomic mass is 10.1. The molecule has 0 aliphatic heterocycles. The number of hydrogen-bond acceptors (Lipinski definition) is 6. The lowest BCUT2D eigenvalue weighted by Crippen LogP contribution is -2.44. The molecule has 0 saturated carbocycles. The Morgan fingerprint density at radius 1 is 1.06 bits per heavy atom. The van der Waals surface area contributed by atoms with Gasteiger partial charge in [0.05, 0.1) is 20.0 Å². The molecular weight excluding hydrogens is 448 g/mol. The van der Waals surface area contributed by atoms with Gasteiger partial charge >= 0.3 is 5.69 Å². The highest BCUT2D eigenvalue weighted by atomic mass is 16.5. The first-order valence-corrected chi connectivity index (χ1v) is 11.9. The SMILES string of the molecule is C=CCc1ccc(OCC(O)Cn2c(=O)c3c(ncn3CC(C)C)n(CC(C)C)c2=O)c(OC)c1. The van der Waals surface area contributed by atoms with E-state index < -0.39 is 17.4 Å². The van der Waals surface area contributed by atoms with Gasteiger partial charge < -0.3 is 19.1 Å². The van der Waals surface area contributed by atoms with E-state index in [0.29, 0.717) is 42.2 Å². The zero-order valence-corrected chi connectivity index (χ0v) is 21.2. The van der Waals surface area contributed by atoms with Crippen LogP contribution in [0.2, 0.25) is 0 Å². The molecule has 9 nitrogen and oxygen atoms in total. The Labute approximate surface area is 205 Å². The third kappa shape index (κ3) is 6.03. The maximum atomic E-state index is 13.4. The van der Waals surface area contributed by atoms with Crippen molar-refractivity contribution in [2.45, 2.75) is 59.9 Å². The van der Waals surface area contributed by atoms with Gasteiger partial charge in [-0.05, 0) is 36.0 Å². The fourth-order valence-corrected chi connectivity index (χ4v) is 4.04. The molecule has 1 unspecified atom stereocenters. The highest BCUT2D eigenvalue weighted by Crippen LogP contribution is 2.28. The van der Waals surface area contributed by atoms with Gasteiger partial charge in [0, 0.05) is 13.1 Å². The number of imidazole rings is 1. The zero-order valence-electron chi connectivity index (χ0n) is 21.2. The second-order valence-electron chi connectivity index (χ2n) is 9.61. The lowest BCUT2D eigenvalue weighted by molar-refractivity contribution is 0.0886. The molecule has 0 fully saturated rings. The molecule has 2 heterocycles. The van der Waals surface area contributed by atoms with Crippen LogP contribution in [0.3, 0.4) is 0 Å². The molecule has 190 valence electrons. The van der Waals surface area contributed by atoms with E-state index in [1.807, 2.05) is 39.8 Å². The van der Waals surface area contributed by atoms with Crippen molar-refractivity contribution in [3.63, 3.8) is 0 Å². The number of rotatable bonds is 12. The molecule has 0 radical (unpaired) electrons. The van der Waals surface area contributed by atoms with Crippen LogP contribution in [0.25, 0.3) is 11.2 Å². The van der Waals surface area contributed by atoms with E-state index in [0.717, 1.165) is 10.1 Å². The van der Waals surface area contributed by atoms with E-state index in [-0.39, 0.29) is 25.0 Å². The van der Waals surface area contributed by atoms with Crippen LogP contribution < -0.4 is 20.7 Å². The second kappa shape index (κ2) is 11.4. The Bertz CT molecular complexity index is 1290. The van der Waals surface area contributed by atoms with Gasteiger partial charge in [-0.1, -0.05) is 39.8 Å². The number of methoxy groups -OCH3 is 1. The van der Waals surface area contributed by atoms with Crippen molar-refractivity contribution >= 4 is 11.2 Å². The number of aliphatic hydroxyl groups excluding tert-OH is 1. The van der Waals surface area contributed by atoms with Crippen molar-refractivity contribution in [1.82, 2.24) is 18.7 Å². The highest BCUT2D eigenvalue weighted by molar-refractivity contribution is 5.70. The average molecular weight is 485 g/mol. The van der Waals surface area contributed by atoms with Gasteiger partial charge in [-0.2, -0.15) is 0 Å². The minimum atomic E-state index is -1.09. The van der Waals surface area contributed by atoms with Crippen LogP contribution >= 0.6 is 0 Å². The number of hydrogen-bond donors (Lipinski definition) is 1. The van der Waals surface area contributed by atoms with Gasteiger partial charge in [0.25, 0.3) is 5.56 Å². The van der Waals surface area contributed by atoms with Crippen molar-refractivity contribution in [1.29, 1.82) is 0 Å². The average Bonchev–Trinajstić information content (AvgIpc) is 3.21. The summed E-state index contributed by atoms with van der Waals surface area (Å²) in [6, 6.07) is 5.51. The van der Waals surface area contributed by atoms with E-state index in [1.165, 1.54) is 4.57 Å². The van der Waals surface area contributed by atoms with E-state index >= 15 is 0 Å². The lowest BCUT2D eigenvalue weighted by Gasteiger charge is -2.18. The predicted octanol–water partition coefficient (Wildman–Crippen LogP) is 2.85.